The van der Waals surface area contributed by atoms with Gasteiger partial charge in [0.1, 0.15) is 23.5 Å². The summed E-state index contributed by atoms with van der Waals surface area (Å²) in [6, 6.07) is 14.1. The van der Waals surface area contributed by atoms with Crippen molar-refractivity contribution in [3.63, 3.8) is 0 Å². The number of amides is 2. The molecule has 12 heteroatoms. The van der Waals surface area contributed by atoms with Crippen molar-refractivity contribution in [3.05, 3.63) is 78.4 Å². The van der Waals surface area contributed by atoms with Gasteiger partial charge in [-0.2, -0.15) is 0 Å². The third-order valence-electron chi connectivity index (χ3n) is 9.38. The van der Waals surface area contributed by atoms with Crippen LogP contribution in [0.25, 0.3) is 44.7 Å². The molecule has 2 amide bonds. The van der Waals surface area contributed by atoms with Gasteiger partial charge in [-0.05, 0) is 68.5 Å². The Labute approximate surface area is 277 Å². The number of fused-ring (bicyclic) bond motifs is 1. The van der Waals surface area contributed by atoms with Crippen molar-refractivity contribution in [1.29, 1.82) is 0 Å². The summed E-state index contributed by atoms with van der Waals surface area (Å²) in [6.07, 6.45) is 6.65. The van der Waals surface area contributed by atoms with Gasteiger partial charge >= 0.3 is 6.09 Å². The van der Waals surface area contributed by atoms with E-state index in [0.29, 0.717) is 34.9 Å². The molecule has 3 atom stereocenters. The van der Waals surface area contributed by atoms with Crippen LogP contribution in [0.5, 0.6) is 0 Å². The second-order valence-corrected chi connectivity index (χ2v) is 12.9. The van der Waals surface area contributed by atoms with Gasteiger partial charge in [-0.25, -0.2) is 24.1 Å². The van der Waals surface area contributed by atoms with Crippen LogP contribution >= 0.6 is 0 Å². The zero-order valence-corrected chi connectivity index (χ0v) is 27.2. The highest BCUT2D eigenvalue weighted by Gasteiger charge is 2.37. The number of aromatic amines is 2. The topological polar surface area (TPSA) is 141 Å². The minimum Gasteiger partial charge on any atom is -0.453 e. The fourth-order valence-electron chi connectivity index (χ4n) is 6.76. The first kappa shape index (κ1) is 31.5. The highest BCUT2D eigenvalue weighted by Crippen LogP contribution is 2.34. The molecule has 5 aromatic rings. The highest BCUT2D eigenvalue weighted by molar-refractivity contribution is 5.87. The number of benzene rings is 2. The molecular weight excluding hydrogens is 611 g/mol. The van der Waals surface area contributed by atoms with E-state index in [2.05, 4.69) is 36.6 Å². The van der Waals surface area contributed by atoms with Crippen molar-refractivity contribution in [2.24, 2.45) is 5.92 Å². The van der Waals surface area contributed by atoms with Crippen LogP contribution in [0.3, 0.4) is 0 Å². The molecular formula is C36H39FN8O3. The van der Waals surface area contributed by atoms with Crippen LogP contribution in [0.4, 0.5) is 9.18 Å². The van der Waals surface area contributed by atoms with Gasteiger partial charge in [0, 0.05) is 28.6 Å². The van der Waals surface area contributed by atoms with Crippen LogP contribution in [0, 0.1) is 11.7 Å². The number of hydrogen-bond donors (Lipinski definition) is 4. The van der Waals surface area contributed by atoms with E-state index in [1.165, 1.54) is 13.2 Å². The fraction of sp³-hybridized carbons (Fsp3) is 0.361. The van der Waals surface area contributed by atoms with Gasteiger partial charge in [-0.1, -0.05) is 32.0 Å². The number of likely N-dealkylation sites (tertiary alicyclic amines) is 1. The molecule has 11 nitrogen and oxygen atoms in total. The zero-order valence-electron chi connectivity index (χ0n) is 27.2. The average molecular weight is 651 g/mol. The van der Waals surface area contributed by atoms with Crippen LogP contribution in [0.2, 0.25) is 0 Å². The Morgan fingerprint density at radius 3 is 2.44 bits per heavy atom. The predicted octanol–water partition coefficient (Wildman–Crippen LogP) is 6.29. The Hall–Kier alpha value is -5.10. The highest BCUT2D eigenvalue weighted by atomic mass is 19.1. The van der Waals surface area contributed by atoms with Crippen LogP contribution in [-0.4, -0.2) is 68.1 Å². The lowest BCUT2D eigenvalue weighted by molar-refractivity contribution is -0.135. The summed E-state index contributed by atoms with van der Waals surface area (Å²) in [5, 5.41) is 7.09. The Bertz CT molecular complexity index is 1960. The molecule has 0 aliphatic carbocycles. The number of hydrogen-bond acceptors (Lipinski definition) is 7. The summed E-state index contributed by atoms with van der Waals surface area (Å²) in [5.41, 5.74) is 4.97. The molecule has 3 aromatic heterocycles. The van der Waals surface area contributed by atoms with E-state index < -0.39 is 18.0 Å². The number of rotatable bonds is 8. The first-order valence-corrected chi connectivity index (χ1v) is 16.5. The monoisotopic (exact) mass is 650 g/mol. The Kier molecular flexibility index (Phi) is 8.65. The van der Waals surface area contributed by atoms with Crippen LogP contribution in [0.1, 0.15) is 63.3 Å². The van der Waals surface area contributed by atoms with Gasteiger partial charge in [-0.3, -0.25) is 4.79 Å². The molecule has 248 valence electrons. The van der Waals surface area contributed by atoms with E-state index in [4.69, 9.17) is 9.72 Å². The quantitative estimate of drug-likeness (QED) is 0.155. The first-order valence-electron chi connectivity index (χ1n) is 16.5. The molecule has 7 rings (SSSR count). The molecule has 0 unspecified atom stereocenters. The average Bonchev–Trinajstić information content (AvgIpc) is 3.93. The van der Waals surface area contributed by atoms with Gasteiger partial charge in [0.15, 0.2) is 0 Å². The molecule has 2 aliphatic heterocycles. The largest absolute Gasteiger partial charge is 0.453 e. The van der Waals surface area contributed by atoms with E-state index in [1.807, 2.05) is 50.4 Å². The molecule has 0 bridgehead atoms. The third-order valence-corrected chi connectivity index (χ3v) is 9.38. The Morgan fingerprint density at radius 2 is 1.71 bits per heavy atom. The lowest BCUT2D eigenvalue weighted by Crippen LogP contribution is -2.51. The smallest absolute Gasteiger partial charge is 0.407 e. The standard InChI is InChI=1S/C36H39FN8O3/c1-20(2)32(44-36(47)48-3)35(46)45-15-5-7-31(45)34-40-19-30(43-34)23-8-11-24(25(37)17-23)27-13-10-21-16-22(9-12-26(21)41-27)29-18-39-33(42-29)28-6-4-14-38-28/h8-13,16-20,28,31-32,38H,4-7,14-15H2,1-3H3,(H,39,42)(H,40,43)(H,44,47)/t28-,31-,32-/m0/s1. The second kappa shape index (κ2) is 13.2. The number of imidazole rings is 2. The first-order chi connectivity index (χ1) is 23.3. The number of nitrogens with one attached hydrogen (secondary N) is 4. The minimum absolute atomic E-state index is 0.129. The van der Waals surface area contributed by atoms with Gasteiger partial charge in [0.25, 0.3) is 0 Å². The van der Waals surface area contributed by atoms with Crippen molar-refractivity contribution in [3.8, 4) is 33.8 Å². The van der Waals surface area contributed by atoms with Gasteiger partial charge in [-0.15, -0.1) is 0 Å². The lowest BCUT2D eigenvalue weighted by Gasteiger charge is -2.30. The second-order valence-electron chi connectivity index (χ2n) is 12.9. The number of ether oxygens (including phenoxy) is 1. The predicted molar refractivity (Wildman–Crippen MR) is 180 cm³/mol. The summed E-state index contributed by atoms with van der Waals surface area (Å²) < 4.78 is 20.4. The fourth-order valence-corrected chi connectivity index (χ4v) is 6.76. The van der Waals surface area contributed by atoms with E-state index >= 15 is 4.39 Å². The summed E-state index contributed by atoms with van der Waals surface area (Å²) in [7, 11) is 1.27. The maximum Gasteiger partial charge on any atom is 0.407 e. The molecule has 2 saturated heterocycles. The van der Waals surface area contributed by atoms with Crippen molar-refractivity contribution < 1.29 is 18.7 Å². The zero-order chi connectivity index (χ0) is 33.4. The number of carbonyl (C=O) groups is 2. The minimum atomic E-state index is -0.719. The number of halogens is 1. The number of nitrogens with zero attached hydrogens (tertiary/aromatic N) is 4. The maximum atomic E-state index is 15.6. The van der Waals surface area contributed by atoms with E-state index in [-0.39, 0.29) is 23.9 Å². The molecule has 0 saturated carbocycles. The summed E-state index contributed by atoms with van der Waals surface area (Å²) in [5.74, 6) is 0.872. The van der Waals surface area contributed by atoms with Crippen molar-refractivity contribution in [2.75, 3.05) is 20.2 Å². The van der Waals surface area contributed by atoms with E-state index in [0.717, 1.165) is 60.2 Å². The van der Waals surface area contributed by atoms with Crippen LogP contribution in [0.15, 0.2) is 60.9 Å². The normalized spacial score (nSPS) is 18.5. The summed E-state index contributed by atoms with van der Waals surface area (Å²) >= 11 is 0. The van der Waals surface area contributed by atoms with Gasteiger partial charge in [0.2, 0.25) is 5.91 Å². The number of alkyl carbamates (subject to hydrolysis) is 1. The maximum absolute atomic E-state index is 15.6. The summed E-state index contributed by atoms with van der Waals surface area (Å²) in [4.78, 5) is 47.8. The van der Waals surface area contributed by atoms with Gasteiger partial charge in [0.05, 0.1) is 54.2 Å². The molecule has 2 aliphatic rings. The Morgan fingerprint density at radius 1 is 0.958 bits per heavy atom. The van der Waals surface area contributed by atoms with Crippen molar-refractivity contribution in [2.45, 2.75) is 57.7 Å². The molecule has 48 heavy (non-hydrogen) atoms. The summed E-state index contributed by atoms with van der Waals surface area (Å²) in [6.45, 7) is 5.32. The van der Waals surface area contributed by atoms with Gasteiger partial charge < -0.3 is 30.2 Å². The number of aromatic nitrogens is 5. The van der Waals surface area contributed by atoms with Crippen LogP contribution in [-0.2, 0) is 9.53 Å². The lowest BCUT2D eigenvalue weighted by atomic mass is 10.0. The molecule has 5 heterocycles. The van der Waals surface area contributed by atoms with Crippen molar-refractivity contribution >= 4 is 22.9 Å². The molecule has 2 aromatic carbocycles. The SMILES string of the molecule is COC(=O)N[C@H](C(=O)N1CCC[C@H]1c1ncc(-c2ccc(-c3ccc4cc(-c5cnc([C@@H]6CCCN6)[nH]5)ccc4n3)c(F)c2)[nH]1)C(C)C. The number of carbonyl (C=O) groups excluding carboxylic acids is 2. The number of pyridine rings is 1. The molecule has 0 radical (unpaired) electrons. The van der Waals surface area contributed by atoms with Crippen LogP contribution < -0.4 is 10.6 Å². The molecule has 0 spiro atoms. The molecule has 2 fully saturated rings. The third kappa shape index (κ3) is 6.15. The van der Waals surface area contributed by atoms with E-state index in [1.54, 1.807) is 17.2 Å². The van der Waals surface area contributed by atoms with Crippen molar-refractivity contribution in [1.82, 2.24) is 40.5 Å². The number of H-pyrrole nitrogens is 2. The Balaban J connectivity index is 1.08. The van der Waals surface area contributed by atoms with E-state index in [9.17, 15) is 9.59 Å². The number of methoxy groups -OCH3 is 1. The molecule has 4 N–H and O–H groups in total.